The third-order valence-electron chi connectivity index (χ3n) is 7.02. The van der Waals surface area contributed by atoms with E-state index in [4.69, 9.17) is 9.72 Å². The first-order valence-corrected chi connectivity index (χ1v) is 13.0. The van der Waals surface area contributed by atoms with Gasteiger partial charge in [-0.25, -0.2) is 14.8 Å². The van der Waals surface area contributed by atoms with Crippen LogP contribution in [0.4, 0.5) is 16.4 Å². The molecule has 2 aromatic rings. The lowest BCUT2D eigenvalue weighted by Gasteiger charge is -2.36. The van der Waals surface area contributed by atoms with Gasteiger partial charge in [0.25, 0.3) is 5.91 Å². The number of anilines is 2. The second-order valence-corrected chi connectivity index (χ2v) is 10.9. The zero-order chi connectivity index (χ0) is 25.3. The third-order valence-corrected chi connectivity index (χ3v) is 7.02. The standard InChI is InChI=1S/C27H36N6O3/c1-27(2,3)36-26(35)33-13-11-32(12-14-33)24-21-17-29-25(34)20(21)16-22(31-24)18-9-10-28-23(15-18)30-19-7-5-4-6-8-19/h9-10,15-16,19H,4-8,11-14,17H2,1-3H3,(H,28,30)(H,29,34). The molecular formula is C27H36N6O3. The Morgan fingerprint density at radius 3 is 2.58 bits per heavy atom. The van der Waals surface area contributed by atoms with Gasteiger partial charge in [0.1, 0.15) is 17.2 Å². The lowest BCUT2D eigenvalue weighted by Crippen LogP contribution is -2.50. The largest absolute Gasteiger partial charge is 0.444 e. The van der Waals surface area contributed by atoms with Crippen molar-refractivity contribution in [3.05, 3.63) is 35.5 Å². The average molecular weight is 493 g/mol. The predicted molar refractivity (Wildman–Crippen MR) is 139 cm³/mol. The number of nitrogens with zero attached hydrogens (tertiary/aromatic N) is 4. The second kappa shape index (κ2) is 9.95. The van der Waals surface area contributed by atoms with Crippen LogP contribution >= 0.6 is 0 Å². The van der Waals surface area contributed by atoms with Crippen LogP contribution in [0.3, 0.4) is 0 Å². The highest BCUT2D eigenvalue weighted by Crippen LogP contribution is 2.32. The zero-order valence-electron chi connectivity index (χ0n) is 21.5. The molecule has 36 heavy (non-hydrogen) atoms. The van der Waals surface area contributed by atoms with Gasteiger partial charge in [0.2, 0.25) is 0 Å². The molecule has 1 aliphatic carbocycles. The Morgan fingerprint density at radius 1 is 1.11 bits per heavy atom. The number of piperazine rings is 1. The van der Waals surface area contributed by atoms with Crippen LogP contribution in [0, 0.1) is 0 Å². The van der Waals surface area contributed by atoms with Crippen molar-refractivity contribution in [3.8, 4) is 11.3 Å². The Hall–Kier alpha value is -3.36. The van der Waals surface area contributed by atoms with Crippen LogP contribution in [-0.2, 0) is 11.3 Å². The summed E-state index contributed by atoms with van der Waals surface area (Å²) >= 11 is 0. The molecule has 0 bridgehead atoms. The van der Waals surface area contributed by atoms with Gasteiger partial charge in [-0.05, 0) is 51.8 Å². The number of hydrogen-bond acceptors (Lipinski definition) is 7. The minimum atomic E-state index is -0.522. The summed E-state index contributed by atoms with van der Waals surface area (Å²) in [5.41, 5.74) is 2.75. The first-order valence-electron chi connectivity index (χ1n) is 13.0. The Morgan fingerprint density at radius 2 is 1.86 bits per heavy atom. The monoisotopic (exact) mass is 492 g/mol. The molecule has 2 N–H and O–H groups in total. The number of nitrogens with one attached hydrogen (secondary N) is 2. The van der Waals surface area contributed by atoms with Gasteiger partial charge in [-0.1, -0.05) is 19.3 Å². The highest BCUT2D eigenvalue weighted by atomic mass is 16.6. The summed E-state index contributed by atoms with van der Waals surface area (Å²) in [6.07, 6.45) is 7.66. The highest BCUT2D eigenvalue weighted by molar-refractivity contribution is 6.00. The maximum absolute atomic E-state index is 12.6. The molecule has 2 amide bonds. The molecule has 9 heteroatoms. The van der Waals surface area contributed by atoms with Gasteiger partial charge in [-0.15, -0.1) is 0 Å². The summed E-state index contributed by atoms with van der Waals surface area (Å²) in [5.74, 6) is 1.58. The molecule has 0 spiro atoms. The number of ether oxygens (including phenoxy) is 1. The van der Waals surface area contributed by atoms with E-state index in [0.29, 0.717) is 44.3 Å². The van der Waals surface area contributed by atoms with E-state index < -0.39 is 5.60 Å². The summed E-state index contributed by atoms with van der Waals surface area (Å²) in [7, 11) is 0. The minimum Gasteiger partial charge on any atom is -0.444 e. The van der Waals surface area contributed by atoms with Crippen LogP contribution in [0.25, 0.3) is 11.3 Å². The topological polar surface area (TPSA) is 99.7 Å². The number of aromatic nitrogens is 2. The van der Waals surface area contributed by atoms with E-state index in [9.17, 15) is 9.59 Å². The van der Waals surface area contributed by atoms with Crippen molar-refractivity contribution < 1.29 is 14.3 Å². The fourth-order valence-corrected chi connectivity index (χ4v) is 5.16. The minimum absolute atomic E-state index is 0.0723. The number of amides is 2. The summed E-state index contributed by atoms with van der Waals surface area (Å²) < 4.78 is 5.54. The molecule has 0 aromatic carbocycles. The lowest BCUT2D eigenvalue weighted by molar-refractivity contribution is 0.0240. The molecule has 0 unspecified atom stereocenters. The van der Waals surface area contributed by atoms with E-state index in [2.05, 4.69) is 20.5 Å². The van der Waals surface area contributed by atoms with Crippen molar-refractivity contribution in [1.29, 1.82) is 0 Å². The van der Waals surface area contributed by atoms with Gasteiger partial charge in [-0.3, -0.25) is 4.79 Å². The zero-order valence-corrected chi connectivity index (χ0v) is 21.5. The van der Waals surface area contributed by atoms with E-state index in [1.54, 1.807) is 11.1 Å². The van der Waals surface area contributed by atoms with Crippen molar-refractivity contribution in [2.24, 2.45) is 0 Å². The van der Waals surface area contributed by atoms with Crippen molar-refractivity contribution in [1.82, 2.24) is 20.2 Å². The Bertz CT molecular complexity index is 1130. The van der Waals surface area contributed by atoms with E-state index in [0.717, 1.165) is 28.5 Å². The van der Waals surface area contributed by atoms with Gasteiger partial charge in [0, 0.05) is 56.1 Å². The molecule has 0 radical (unpaired) electrons. The first kappa shape index (κ1) is 24.3. The summed E-state index contributed by atoms with van der Waals surface area (Å²) in [5, 5.41) is 6.53. The van der Waals surface area contributed by atoms with Crippen molar-refractivity contribution in [2.75, 3.05) is 36.4 Å². The van der Waals surface area contributed by atoms with Crippen LogP contribution in [0.5, 0.6) is 0 Å². The molecule has 4 heterocycles. The number of rotatable bonds is 4. The van der Waals surface area contributed by atoms with E-state index >= 15 is 0 Å². The number of carbonyl (C=O) groups excluding carboxylic acids is 2. The first-order chi connectivity index (χ1) is 17.3. The van der Waals surface area contributed by atoms with Crippen molar-refractivity contribution in [3.63, 3.8) is 0 Å². The smallest absolute Gasteiger partial charge is 0.410 e. The van der Waals surface area contributed by atoms with E-state index in [-0.39, 0.29) is 12.0 Å². The number of fused-ring (bicyclic) bond motifs is 1. The van der Waals surface area contributed by atoms with Crippen LogP contribution in [-0.4, -0.2) is 64.7 Å². The number of pyridine rings is 2. The normalized spacial score (nSPS) is 18.6. The molecule has 3 aliphatic rings. The van der Waals surface area contributed by atoms with Crippen LogP contribution in [0.15, 0.2) is 24.4 Å². The maximum atomic E-state index is 12.6. The second-order valence-electron chi connectivity index (χ2n) is 10.9. The molecule has 192 valence electrons. The summed E-state index contributed by atoms with van der Waals surface area (Å²) in [6.45, 7) is 8.43. The fourth-order valence-electron chi connectivity index (χ4n) is 5.16. The SMILES string of the molecule is CC(C)(C)OC(=O)N1CCN(c2nc(-c3ccnc(NC4CCCCC4)c3)cc3c2CNC3=O)CC1. The van der Waals surface area contributed by atoms with Gasteiger partial charge in [0.15, 0.2) is 0 Å². The molecule has 2 fully saturated rings. The van der Waals surface area contributed by atoms with Crippen LogP contribution < -0.4 is 15.5 Å². The van der Waals surface area contributed by atoms with Crippen molar-refractivity contribution in [2.45, 2.75) is 71.1 Å². The fraction of sp³-hybridized carbons (Fsp3) is 0.556. The number of carbonyl (C=O) groups is 2. The van der Waals surface area contributed by atoms with Gasteiger partial charge < -0.3 is 25.2 Å². The Labute approximate surface area is 212 Å². The number of hydrogen-bond donors (Lipinski definition) is 2. The molecule has 0 atom stereocenters. The maximum Gasteiger partial charge on any atom is 0.410 e. The third kappa shape index (κ3) is 5.39. The highest BCUT2D eigenvalue weighted by Gasteiger charge is 2.31. The van der Waals surface area contributed by atoms with Crippen LogP contribution in [0.2, 0.25) is 0 Å². The van der Waals surface area contributed by atoms with Gasteiger partial charge in [0.05, 0.1) is 11.3 Å². The average Bonchev–Trinajstić information content (AvgIpc) is 3.24. The molecule has 2 aromatic heterocycles. The lowest BCUT2D eigenvalue weighted by atomic mass is 9.95. The molecule has 5 rings (SSSR count). The quantitative estimate of drug-likeness (QED) is 0.660. The Kier molecular flexibility index (Phi) is 6.73. The molecule has 2 aliphatic heterocycles. The predicted octanol–water partition coefficient (Wildman–Crippen LogP) is 4.19. The van der Waals surface area contributed by atoms with Gasteiger partial charge >= 0.3 is 6.09 Å². The summed E-state index contributed by atoms with van der Waals surface area (Å²) in [6, 6.07) is 6.31. The molecule has 1 saturated heterocycles. The van der Waals surface area contributed by atoms with E-state index in [1.807, 2.05) is 39.0 Å². The Balaban J connectivity index is 1.37. The van der Waals surface area contributed by atoms with Crippen LogP contribution in [0.1, 0.15) is 68.8 Å². The molecular weight excluding hydrogens is 456 g/mol. The van der Waals surface area contributed by atoms with Crippen molar-refractivity contribution >= 4 is 23.6 Å². The van der Waals surface area contributed by atoms with E-state index in [1.165, 1.54) is 32.1 Å². The van der Waals surface area contributed by atoms with Gasteiger partial charge in [-0.2, -0.15) is 0 Å². The summed E-state index contributed by atoms with van der Waals surface area (Å²) in [4.78, 5) is 38.6. The molecule has 1 saturated carbocycles. The molecule has 9 nitrogen and oxygen atoms in total.